The Morgan fingerprint density at radius 1 is 1.33 bits per heavy atom. The summed E-state index contributed by atoms with van der Waals surface area (Å²) in [5.74, 6) is 0.263. The molecule has 98 valence electrons. The van der Waals surface area contributed by atoms with Crippen LogP contribution in [-0.2, 0) is 4.74 Å². The smallest absolute Gasteiger partial charge is 0.335 e. The first-order valence-corrected chi connectivity index (χ1v) is 7.09. The molecule has 4 nitrogen and oxygen atoms in total. The van der Waals surface area contributed by atoms with Gasteiger partial charge in [0.25, 0.3) is 0 Å². The Morgan fingerprint density at radius 3 is 2.44 bits per heavy atom. The van der Waals surface area contributed by atoms with Gasteiger partial charge in [-0.25, -0.2) is 4.79 Å². The van der Waals surface area contributed by atoms with Gasteiger partial charge in [-0.1, -0.05) is 0 Å². The lowest BCUT2D eigenvalue weighted by Gasteiger charge is -2.11. The van der Waals surface area contributed by atoms with Crippen LogP contribution in [0.4, 0.5) is 0 Å². The van der Waals surface area contributed by atoms with E-state index in [1.165, 1.54) is 25.0 Å². The van der Waals surface area contributed by atoms with E-state index in [0.717, 1.165) is 6.61 Å². The van der Waals surface area contributed by atoms with Crippen molar-refractivity contribution in [2.45, 2.75) is 12.8 Å². The molecule has 0 spiro atoms. The Kier molecular flexibility index (Phi) is 4.64. The van der Waals surface area contributed by atoms with Crippen LogP contribution in [0.1, 0.15) is 23.2 Å². The van der Waals surface area contributed by atoms with E-state index < -0.39 is 5.97 Å². The molecule has 0 amide bonds. The number of carboxylic acids is 1. The van der Waals surface area contributed by atoms with Crippen molar-refractivity contribution in [1.82, 2.24) is 0 Å². The van der Waals surface area contributed by atoms with Crippen LogP contribution < -0.4 is 4.74 Å². The van der Waals surface area contributed by atoms with Crippen molar-refractivity contribution in [3.05, 3.63) is 26.6 Å². The molecule has 2 rings (SSSR count). The van der Waals surface area contributed by atoms with Crippen molar-refractivity contribution in [2.24, 2.45) is 5.92 Å². The summed E-state index contributed by atoms with van der Waals surface area (Å²) in [4.78, 5) is 10.9. The lowest BCUT2D eigenvalue weighted by atomic mass is 10.2. The Balaban J connectivity index is 1.95. The number of rotatable bonds is 6. The first-order valence-electron chi connectivity index (χ1n) is 5.51. The summed E-state index contributed by atoms with van der Waals surface area (Å²) in [5, 5.41) is 8.90. The van der Waals surface area contributed by atoms with Crippen molar-refractivity contribution >= 4 is 37.8 Å². The zero-order valence-corrected chi connectivity index (χ0v) is 12.7. The van der Waals surface area contributed by atoms with Crippen LogP contribution in [0.2, 0.25) is 0 Å². The van der Waals surface area contributed by atoms with E-state index in [1.807, 2.05) is 0 Å². The minimum absolute atomic E-state index is 0.167. The van der Waals surface area contributed by atoms with Crippen LogP contribution >= 0.6 is 31.9 Å². The van der Waals surface area contributed by atoms with Crippen LogP contribution in [0.15, 0.2) is 21.1 Å². The van der Waals surface area contributed by atoms with Crippen LogP contribution in [0.3, 0.4) is 0 Å². The topological polar surface area (TPSA) is 55.8 Å². The molecular formula is C12H12Br2O4. The average molecular weight is 380 g/mol. The Morgan fingerprint density at radius 2 is 1.94 bits per heavy atom. The molecule has 1 aromatic rings. The van der Waals surface area contributed by atoms with Gasteiger partial charge in [0.15, 0.2) is 12.5 Å². The minimum atomic E-state index is -0.979. The van der Waals surface area contributed by atoms with E-state index in [0.29, 0.717) is 20.6 Å². The van der Waals surface area contributed by atoms with E-state index in [-0.39, 0.29) is 12.4 Å². The summed E-state index contributed by atoms with van der Waals surface area (Å²) in [6.45, 7) is 0.891. The average Bonchev–Trinajstić information content (AvgIpc) is 3.10. The minimum Gasteiger partial charge on any atom is -0.478 e. The predicted octanol–water partition coefficient (Wildman–Crippen LogP) is 3.67. The fourth-order valence-electron chi connectivity index (χ4n) is 1.42. The van der Waals surface area contributed by atoms with Gasteiger partial charge >= 0.3 is 5.97 Å². The van der Waals surface area contributed by atoms with Gasteiger partial charge in [-0.05, 0) is 62.8 Å². The second kappa shape index (κ2) is 6.04. The number of hydrogen-bond acceptors (Lipinski definition) is 3. The predicted molar refractivity (Wildman–Crippen MR) is 73.0 cm³/mol. The second-order valence-corrected chi connectivity index (χ2v) is 5.86. The molecule has 0 unspecified atom stereocenters. The third-order valence-corrected chi connectivity index (χ3v) is 3.76. The van der Waals surface area contributed by atoms with E-state index in [2.05, 4.69) is 31.9 Å². The number of ether oxygens (including phenoxy) is 2. The Bertz CT molecular complexity index is 434. The first kappa shape index (κ1) is 13.8. The molecule has 1 aromatic carbocycles. The van der Waals surface area contributed by atoms with Gasteiger partial charge in [0.2, 0.25) is 0 Å². The molecule has 0 aromatic heterocycles. The van der Waals surface area contributed by atoms with Gasteiger partial charge in [0, 0.05) is 0 Å². The molecule has 0 aliphatic heterocycles. The van der Waals surface area contributed by atoms with Crippen LogP contribution in [0.5, 0.6) is 5.75 Å². The van der Waals surface area contributed by atoms with E-state index >= 15 is 0 Å². The largest absolute Gasteiger partial charge is 0.478 e. The van der Waals surface area contributed by atoms with Crippen molar-refractivity contribution in [3.8, 4) is 5.75 Å². The van der Waals surface area contributed by atoms with Gasteiger partial charge in [0.1, 0.15) is 0 Å². The van der Waals surface area contributed by atoms with Crippen LogP contribution in [-0.4, -0.2) is 24.5 Å². The lowest BCUT2D eigenvalue weighted by Crippen LogP contribution is -2.06. The number of carbonyl (C=O) groups is 1. The summed E-state index contributed by atoms with van der Waals surface area (Å²) in [6.07, 6.45) is 2.47. The molecule has 0 radical (unpaired) electrons. The summed E-state index contributed by atoms with van der Waals surface area (Å²) in [6, 6.07) is 3.01. The van der Waals surface area contributed by atoms with E-state index in [1.54, 1.807) is 0 Å². The fourth-order valence-corrected chi connectivity index (χ4v) is 2.84. The third kappa shape index (κ3) is 3.70. The summed E-state index contributed by atoms with van der Waals surface area (Å²) in [5.41, 5.74) is 0.194. The highest BCUT2D eigenvalue weighted by Crippen LogP contribution is 2.35. The molecule has 0 heterocycles. The maximum absolute atomic E-state index is 10.9. The number of halogens is 2. The maximum Gasteiger partial charge on any atom is 0.335 e. The first-order chi connectivity index (χ1) is 8.58. The second-order valence-electron chi connectivity index (χ2n) is 4.15. The molecule has 1 aliphatic carbocycles. The third-order valence-electron chi connectivity index (χ3n) is 2.58. The Labute approximate surface area is 122 Å². The van der Waals surface area contributed by atoms with E-state index in [4.69, 9.17) is 14.6 Å². The molecule has 1 N–H and O–H groups in total. The van der Waals surface area contributed by atoms with Crippen molar-refractivity contribution in [2.75, 3.05) is 13.4 Å². The number of benzene rings is 1. The highest BCUT2D eigenvalue weighted by Gasteiger charge is 2.21. The van der Waals surface area contributed by atoms with Gasteiger partial charge < -0.3 is 14.6 Å². The SMILES string of the molecule is O=C(O)c1cc(Br)c(OCOCC2CC2)c(Br)c1. The molecule has 6 heteroatoms. The monoisotopic (exact) mass is 378 g/mol. The van der Waals surface area contributed by atoms with Crippen molar-refractivity contribution < 1.29 is 19.4 Å². The Hall–Kier alpha value is -0.590. The summed E-state index contributed by atoms with van der Waals surface area (Å²) < 4.78 is 12.0. The highest BCUT2D eigenvalue weighted by atomic mass is 79.9. The molecular weight excluding hydrogens is 368 g/mol. The molecule has 1 aliphatic rings. The number of hydrogen-bond donors (Lipinski definition) is 1. The molecule has 0 atom stereocenters. The number of aromatic carboxylic acids is 1. The maximum atomic E-state index is 10.9. The normalized spacial score (nSPS) is 14.6. The van der Waals surface area contributed by atoms with Gasteiger partial charge in [-0.3, -0.25) is 0 Å². The van der Waals surface area contributed by atoms with Crippen molar-refractivity contribution in [1.29, 1.82) is 0 Å². The number of carboxylic acid groups (broad SMARTS) is 1. The van der Waals surface area contributed by atoms with Crippen LogP contribution in [0.25, 0.3) is 0 Å². The molecule has 0 saturated heterocycles. The lowest BCUT2D eigenvalue weighted by molar-refractivity contribution is 0.00914. The zero-order chi connectivity index (χ0) is 13.1. The van der Waals surface area contributed by atoms with Gasteiger partial charge in [-0.15, -0.1) is 0 Å². The molecule has 1 fully saturated rings. The summed E-state index contributed by atoms with van der Waals surface area (Å²) >= 11 is 6.57. The zero-order valence-electron chi connectivity index (χ0n) is 9.49. The highest BCUT2D eigenvalue weighted by molar-refractivity contribution is 9.11. The molecule has 1 saturated carbocycles. The van der Waals surface area contributed by atoms with Gasteiger partial charge in [0.05, 0.1) is 21.1 Å². The molecule has 18 heavy (non-hydrogen) atoms. The summed E-state index contributed by atoms with van der Waals surface area (Å²) in [7, 11) is 0. The molecule has 0 bridgehead atoms. The van der Waals surface area contributed by atoms with Gasteiger partial charge in [-0.2, -0.15) is 0 Å². The van der Waals surface area contributed by atoms with E-state index in [9.17, 15) is 4.79 Å². The quantitative estimate of drug-likeness (QED) is 0.605. The van der Waals surface area contributed by atoms with Crippen LogP contribution in [0, 0.1) is 5.92 Å². The fraction of sp³-hybridized carbons (Fsp3) is 0.417. The van der Waals surface area contributed by atoms with Crippen molar-refractivity contribution in [3.63, 3.8) is 0 Å². The standard InChI is InChI=1S/C12H12Br2O4/c13-9-3-8(12(15)16)4-10(14)11(9)18-6-17-5-7-1-2-7/h3-4,7H,1-2,5-6H2,(H,15,16).